The van der Waals surface area contributed by atoms with Crippen LogP contribution >= 0.6 is 0 Å². The molecule has 2 heterocycles. The zero-order chi connectivity index (χ0) is 23.5. The lowest BCUT2D eigenvalue weighted by Crippen LogP contribution is -2.23. The number of nitrogens with one attached hydrogen (secondary N) is 1. The van der Waals surface area contributed by atoms with E-state index in [0.717, 1.165) is 17.7 Å². The second-order valence-electron chi connectivity index (χ2n) is 7.22. The predicted molar refractivity (Wildman–Crippen MR) is 118 cm³/mol. The SMILES string of the molecule is O=S(=O)(NCc1ccnc(-c2cccnc2)c1)c1ccc(-c2cccc(C(F)(F)F)c2)cc1. The summed E-state index contributed by atoms with van der Waals surface area (Å²) >= 11 is 0. The summed E-state index contributed by atoms with van der Waals surface area (Å²) in [6.07, 6.45) is 0.463. The van der Waals surface area contributed by atoms with Gasteiger partial charge in [-0.2, -0.15) is 13.2 Å². The van der Waals surface area contributed by atoms with Crippen LogP contribution in [0.3, 0.4) is 0 Å². The molecule has 0 aliphatic rings. The molecular weight excluding hydrogens is 451 g/mol. The monoisotopic (exact) mass is 469 g/mol. The van der Waals surface area contributed by atoms with Crippen molar-refractivity contribution in [1.82, 2.24) is 14.7 Å². The summed E-state index contributed by atoms with van der Waals surface area (Å²) in [5, 5.41) is 0. The lowest BCUT2D eigenvalue weighted by atomic mass is 10.0. The van der Waals surface area contributed by atoms with E-state index in [1.807, 2.05) is 6.07 Å². The van der Waals surface area contributed by atoms with Gasteiger partial charge in [0.05, 0.1) is 16.2 Å². The van der Waals surface area contributed by atoms with Gasteiger partial charge in [0.2, 0.25) is 10.0 Å². The fourth-order valence-corrected chi connectivity index (χ4v) is 4.24. The van der Waals surface area contributed by atoms with E-state index in [1.165, 1.54) is 30.3 Å². The summed E-state index contributed by atoms with van der Waals surface area (Å²) in [7, 11) is -3.83. The first-order valence-electron chi connectivity index (χ1n) is 9.85. The molecule has 2 aromatic heterocycles. The number of alkyl halides is 3. The molecule has 0 amide bonds. The molecule has 168 valence electrons. The van der Waals surface area contributed by atoms with Crippen molar-refractivity contribution in [3.63, 3.8) is 0 Å². The van der Waals surface area contributed by atoms with Gasteiger partial charge in [0.25, 0.3) is 0 Å². The van der Waals surface area contributed by atoms with Crippen LogP contribution in [0, 0.1) is 0 Å². The van der Waals surface area contributed by atoms with Crippen LogP contribution < -0.4 is 4.72 Å². The van der Waals surface area contributed by atoms with Gasteiger partial charge in [-0.3, -0.25) is 9.97 Å². The maximum absolute atomic E-state index is 13.0. The van der Waals surface area contributed by atoms with Crippen LogP contribution in [0.25, 0.3) is 22.4 Å². The van der Waals surface area contributed by atoms with Gasteiger partial charge in [-0.05, 0) is 65.2 Å². The quantitative estimate of drug-likeness (QED) is 0.416. The van der Waals surface area contributed by atoms with E-state index >= 15 is 0 Å². The van der Waals surface area contributed by atoms with E-state index in [0.29, 0.717) is 22.4 Å². The number of pyridine rings is 2. The Labute approximate surface area is 189 Å². The molecule has 5 nitrogen and oxygen atoms in total. The predicted octanol–water partition coefficient (Wildman–Crippen LogP) is 5.31. The summed E-state index contributed by atoms with van der Waals surface area (Å²) in [4.78, 5) is 8.35. The van der Waals surface area contributed by atoms with Gasteiger partial charge in [0, 0.05) is 30.7 Å². The van der Waals surface area contributed by atoms with E-state index in [4.69, 9.17) is 0 Å². The molecule has 0 aliphatic heterocycles. The van der Waals surface area contributed by atoms with E-state index < -0.39 is 21.8 Å². The molecule has 0 bridgehead atoms. The lowest BCUT2D eigenvalue weighted by Gasteiger charge is -2.10. The third kappa shape index (κ3) is 5.44. The summed E-state index contributed by atoms with van der Waals surface area (Å²) in [6.45, 7) is 0.0491. The van der Waals surface area contributed by atoms with Gasteiger partial charge in [0.1, 0.15) is 0 Å². The summed E-state index contributed by atoms with van der Waals surface area (Å²) in [6, 6.07) is 17.7. The minimum atomic E-state index is -4.45. The van der Waals surface area contributed by atoms with E-state index in [1.54, 1.807) is 42.9 Å². The minimum absolute atomic E-state index is 0.0137. The third-order valence-corrected chi connectivity index (χ3v) is 6.35. The first kappa shape index (κ1) is 22.6. The highest BCUT2D eigenvalue weighted by molar-refractivity contribution is 7.89. The number of aromatic nitrogens is 2. The number of sulfonamides is 1. The molecule has 4 aromatic rings. The molecule has 0 saturated heterocycles. The Morgan fingerprint density at radius 3 is 2.27 bits per heavy atom. The van der Waals surface area contributed by atoms with Crippen LogP contribution in [0.5, 0.6) is 0 Å². The molecule has 0 fully saturated rings. The largest absolute Gasteiger partial charge is 0.416 e. The first-order valence-corrected chi connectivity index (χ1v) is 11.3. The highest BCUT2D eigenvalue weighted by atomic mass is 32.2. The highest BCUT2D eigenvalue weighted by Crippen LogP contribution is 2.32. The number of nitrogens with zero attached hydrogens (tertiary/aromatic N) is 2. The molecule has 0 saturated carbocycles. The smallest absolute Gasteiger partial charge is 0.264 e. The maximum Gasteiger partial charge on any atom is 0.416 e. The molecule has 0 atom stereocenters. The third-order valence-electron chi connectivity index (χ3n) is 4.94. The fourth-order valence-electron chi connectivity index (χ4n) is 3.22. The van der Waals surface area contributed by atoms with Gasteiger partial charge >= 0.3 is 6.18 Å². The Bertz CT molecular complexity index is 1360. The normalized spacial score (nSPS) is 12.0. The number of rotatable bonds is 6. The van der Waals surface area contributed by atoms with E-state index in [9.17, 15) is 21.6 Å². The number of benzene rings is 2. The second kappa shape index (κ2) is 9.13. The Morgan fingerprint density at radius 2 is 1.58 bits per heavy atom. The molecule has 0 aliphatic carbocycles. The van der Waals surface area contributed by atoms with Gasteiger partial charge < -0.3 is 0 Å². The van der Waals surface area contributed by atoms with Gasteiger partial charge in [-0.25, -0.2) is 13.1 Å². The van der Waals surface area contributed by atoms with E-state index in [-0.39, 0.29) is 11.4 Å². The Kier molecular flexibility index (Phi) is 6.26. The van der Waals surface area contributed by atoms with Crippen LogP contribution in [0.15, 0.2) is 96.3 Å². The highest BCUT2D eigenvalue weighted by Gasteiger charge is 2.30. The number of hydrogen-bond donors (Lipinski definition) is 1. The Morgan fingerprint density at radius 1 is 0.818 bits per heavy atom. The maximum atomic E-state index is 13.0. The van der Waals surface area contributed by atoms with E-state index in [2.05, 4.69) is 14.7 Å². The molecule has 1 N–H and O–H groups in total. The molecule has 2 aromatic carbocycles. The lowest BCUT2D eigenvalue weighted by molar-refractivity contribution is -0.137. The van der Waals surface area contributed by atoms with Gasteiger partial charge in [-0.1, -0.05) is 24.3 Å². The van der Waals surface area contributed by atoms with Crippen LogP contribution in [0.4, 0.5) is 13.2 Å². The van der Waals surface area contributed by atoms with Crippen molar-refractivity contribution in [2.24, 2.45) is 0 Å². The van der Waals surface area contributed by atoms with Crippen molar-refractivity contribution < 1.29 is 21.6 Å². The Hall–Kier alpha value is -3.56. The first-order chi connectivity index (χ1) is 15.7. The summed E-state index contributed by atoms with van der Waals surface area (Å²) < 4.78 is 66.8. The fraction of sp³-hybridized carbons (Fsp3) is 0.0833. The van der Waals surface area contributed by atoms with Crippen molar-refractivity contribution in [1.29, 1.82) is 0 Å². The van der Waals surface area contributed by atoms with Crippen molar-refractivity contribution in [2.45, 2.75) is 17.6 Å². The molecule has 33 heavy (non-hydrogen) atoms. The molecule has 0 radical (unpaired) electrons. The number of hydrogen-bond acceptors (Lipinski definition) is 4. The molecule has 0 unspecified atom stereocenters. The zero-order valence-corrected chi connectivity index (χ0v) is 17.9. The topological polar surface area (TPSA) is 72.0 Å². The van der Waals surface area contributed by atoms with Crippen molar-refractivity contribution >= 4 is 10.0 Å². The molecule has 0 spiro atoms. The standard InChI is InChI=1S/C24H18F3N3O2S/c25-24(26,27)21-5-1-3-19(14-21)18-6-8-22(9-7-18)33(31,32)30-15-17-10-12-29-23(13-17)20-4-2-11-28-16-20/h1-14,16,30H,15H2. The van der Waals surface area contributed by atoms with Gasteiger partial charge in [0.15, 0.2) is 0 Å². The molecule has 4 rings (SSSR count). The van der Waals surface area contributed by atoms with Crippen LogP contribution in [-0.4, -0.2) is 18.4 Å². The summed E-state index contributed by atoms with van der Waals surface area (Å²) in [5.74, 6) is 0. The second-order valence-corrected chi connectivity index (χ2v) is 8.99. The van der Waals surface area contributed by atoms with Crippen molar-refractivity contribution in [3.05, 3.63) is 103 Å². The summed E-state index contributed by atoms with van der Waals surface area (Å²) in [5.41, 5.74) is 2.27. The van der Waals surface area contributed by atoms with Crippen LogP contribution in [-0.2, 0) is 22.7 Å². The van der Waals surface area contributed by atoms with Crippen LogP contribution in [0.1, 0.15) is 11.1 Å². The average Bonchev–Trinajstić information content (AvgIpc) is 2.83. The Balaban J connectivity index is 1.49. The van der Waals surface area contributed by atoms with Crippen LogP contribution in [0.2, 0.25) is 0 Å². The zero-order valence-electron chi connectivity index (χ0n) is 17.1. The molecular formula is C24H18F3N3O2S. The number of halogens is 3. The van der Waals surface area contributed by atoms with Gasteiger partial charge in [-0.15, -0.1) is 0 Å². The average molecular weight is 469 g/mol. The van der Waals surface area contributed by atoms with Crippen molar-refractivity contribution in [2.75, 3.05) is 0 Å². The van der Waals surface area contributed by atoms with Crippen molar-refractivity contribution in [3.8, 4) is 22.4 Å². The minimum Gasteiger partial charge on any atom is -0.264 e. The molecule has 9 heteroatoms.